The van der Waals surface area contributed by atoms with Crippen LogP contribution in [-0.2, 0) is 19.1 Å². The van der Waals surface area contributed by atoms with E-state index in [0.29, 0.717) is 26.1 Å². The van der Waals surface area contributed by atoms with Gasteiger partial charge in [-0.15, -0.1) is 0 Å². The molecule has 0 N–H and O–H groups in total. The van der Waals surface area contributed by atoms with Crippen molar-refractivity contribution in [2.45, 2.75) is 110 Å². The molecule has 0 spiro atoms. The predicted molar refractivity (Wildman–Crippen MR) is 146 cm³/mol. The Morgan fingerprint density at radius 3 is 1.16 bits per heavy atom. The molecule has 0 atom stereocenters. The van der Waals surface area contributed by atoms with Crippen LogP contribution in [0, 0.1) is 0 Å². The van der Waals surface area contributed by atoms with Gasteiger partial charge in [0.15, 0.2) is 0 Å². The summed E-state index contributed by atoms with van der Waals surface area (Å²) in [5.41, 5.74) is 0. The van der Waals surface area contributed by atoms with Crippen molar-refractivity contribution in [3.8, 4) is 0 Å². The van der Waals surface area contributed by atoms with Crippen LogP contribution in [0.15, 0.2) is 0 Å². The van der Waals surface area contributed by atoms with E-state index in [1.165, 1.54) is 51.4 Å². The van der Waals surface area contributed by atoms with Crippen molar-refractivity contribution in [3.05, 3.63) is 0 Å². The fraction of sp³-hybridized carbons (Fsp3) is 0.931. The van der Waals surface area contributed by atoms with E-state index in [2.05, 4.69) is 42.0 Å². The number of carbonyl (C=O) groups excluding carboxylic acids is 2. The Bertz CT molecular complexity index is 500. The van der Waals surface area contributed by atoms with Gasteiger partial charge in [-0.3, -0.25) is 9.59 Å². The SMILES string of the molecule is CCCCCC[N+](C)(C)CCOC(=O)CCCCCCCC(=O)OCC[N+](C)(C)CCCCCC.[Br-].[Br-]. The topological polar surface area (TPSA) is 52.6 Å². The van der Waals surface area contributed by atoms with Crippen LogP contribution in [0.1, 0.15) is 110 Å². The maximum atomic E-state index is 12.0. The number of hydrogen-bond donors (Lipinski definition) is 0. The lowest BCUT2D eigenvalue weighted by molar-refractivity contribution is -0.890. The highest BCUT2D eigenvalue weighted by Crippen LogP contribution is 2.10. The maximum absolute atomic E-state index is 12.0. The third kappa shape index (κ3) is 28.6. The first-order valence-electron chi connectivity index (χ1n) is 14.6. The van der Waals surface area contributed by atoms with Gasteiger partial charge >= 0.3 is 11.9 Å². The molecule has 0 amide bonds. The zero-order valence-electron chi connectivity index (χ0n) is 25.1. The summed E-state index contributed by atoms with van der Waals surface area (Å²) < 4.78 is 12.7. The van der Waals surface area contributed by atoms with Crippen LogP contribution in [0.3, 0.4) is 0 Å². The van der Waals surface area contributed by atoms with Gasteiger partial charge < -0.3 is 52.4 Å². The van der Waals surface area contributed by atoms with Gasteiger partial charge in [-0.2, -0.15) is 0 Å². The maximum Gasteiger partial charge on any atom is 0.305 e. The third-order valence-corrected chi connectivity index (χ3v) is 6.92. The van der Waals surface area contributed by atoms with Crippen molar-refractivity contribution >= 4 is 11.9 Å². The molecular formula is C29H60Br2N2O4. The predicted octanol–water partition coefficient (Wildman–Crippen LogP) is 0.125. The molecule has 0 aromatic heterocycles. The quantitative estimate of drug-likeness (QED) is 0.0840. The third-order valence-electron chi connectivity index (χ3n) is 6.92. The Hall–Kier alpha value is -0.180. The van der Waals surface area contributed by atoms with E-state index in [9.17, 15) is 9.59 Å². The van der Waals surface area contributed by atoms with Gasteiger partial charge in [-0.05, 0) is 38.5 Å². The summed E-state index contributed by atoms with van der Waals surface area (Å²) in [6.45, 7) is 9.52. The molecule has 0 aromatic rings. The van der Waals surface area contributed by atoms with Crippen LogP contribution in [0.4, 0.5) is 0 Å². The van der Waals surface area contributed by atoms with Crippen LogP contribution in [0.2, 0.25) is 0 Å². The normalized spacial score (nSPS) is 11.4. The number of esters is 2. The average molecular weight is 661 g/mol. The molecule has 0 unspecified atom stereocenters. The number of rotatable bonds is 24. The summed E-state index contributed by atoms with van der Waals surface area (Å²) in [5.74, 6) is -0.155. The molecule has 0 saturated carbocycles. The van der Waals surface area contributed by atoms with Crippen molar-refractivity contribution < 1.29 is 62.0 Å². The molecule has 0 heterocycles. The number of ether oxygens (including phenoxy) is 2. The number of unbranched alkanes of at least 4 members (excludes halogenated alkanes) is 10. The zero-order valence-corrected chi connectivity index (χ0v) is 28.3. The summed E-state index contributed by atoms with van der Waals surface area (Å²) in [6, 6.07) is 0. The lowest BCUT2D eigenvalue weighted by Gasteiger charge is -2.29. The van der Waals surface area contributed by atoms with Crippen LogP contribution >= 0.6 is 0 Å². The van der Waals surface area contributed by atoms with Gasteiger partial charge in [0.05, 0.1) is 41.3 Å². The van der Waals surface area contributed by atoms with E-state index >= 15 is 0 Å². The van der Waals surface area contributed by atoms with E-state index in [1.54, 1.807) is 0 Å². The van der Waals surface area contributed by atoms with Crippen LogP contribution in [0.5, 0.6) is 0 Å². The second-order valence-electron chi connectivity index (χ2n) is 11.6. The summed E-state index contributed by atoms with van der Waals surface area (Å²) in [6.07, 6.45) is 16.0. The highest BCUT2D eigenvalue weighted by molar-refractivity contribution is 5.69. The molecule has 0 aliphatic rings. The standard InChI is InChI=1S/C29H60N2O4.2BrH/c1-7-9-11-18-22-30(3,4)24-26-34-28(32)20-16-14-13-15-17-21-29(33)35-27-25-31(5,6)23-19-12-10-8-2;;/h7-27H2,1-6H3;2*1H/q+2;;/p-2. The molecule has 0 rings (SSSR count). The Morgan fingerprint density at radius 2 is 0.811 bits per heavy atom. The molecule has 0 fully saturated rings. The highest BCUT2D eigenvalue weighted by atomic mass is 79.9. The van der Waals surface area contributed by atoms with Crippen molar-refractivity contribution in [1.82, 2.24) is 0 Å². The Labute approximate surface area is 250 Å². The van der Waals surface area contributed by atoms with E-state index in [-0.39, 0.29) is 45.9 Å². The average Bonchev–Trinajstić information content (AvgIpc) is 2.79. The van der Waals surface area contributed by atoms with Gasteiger partial charge in [-0.25, -0.2) is 0 Å². The lowest BCUT2D eigenvalue weighted by Crippen LogP contribution is -3.00. The number of nitrogens with zero attached hydrogens (tertiary/aromatic N) is 2. The molecule has 6 nitrogen and oxygen atoms in total. The Morgan fingerprint density at radius 1 is 0.486 bits per heavy atom. The number of carbonyl (C=O) groups is 2. The van der Waals surface area contributed by atoms with Crippen LogP contribution < -0.4 is 34.0 Å². The minimum Gasteiger partial charge on any atom is -1.00 e. The second kappa shape index (κ2) is 26.1. The number of hydrogen-bond acceptors (Lipinski definition) is 4. The monoisotopic (exact) mass is 658 g/mol. The summed E-state index contributed by atoms with van der Waals surface area (Å²) in [7, 11) is 8.85. The minimum atomic E-state index is -0.0775. The minimum absolute atomic E-state index is 0. The summed E-state index contributed by atoms with van der Waals surface area (Å²) in [4.78, 5) is 23.9. The first-order valence-corrected chi connectivity index (χ1v) is 14.6. The molecular weight excluding hydrogens is 600 g/mol. The first kappa shape index (κ1) is 41.3. The van der Waals surface area contributed by atoms with E-state index in [0.717, 1.165) is 67.2 Å². The van der Waals surface area contributed by atoms with Crippen molar-refractivity contribution in [2.24, 2.45) is 0 Å². The molecule has 37 heavy (non-hydrogen) atoms. The summed E-state index contributed by atoms with van der Waals surface area (Å²) >= 11 is 0. The van der Waals surface area contributed by atoms with E-state index in [1.807, 2.05) is 0 Å². The molecule has 0 aliphatic heterocycles. The van der Waals surface area contributed by atoms with Crippen molar-refractivity contribution in [2.75, 3.05) is 67.6 Å². The largest absolute Gasteiger partial charge is 1.00 e. The van der Waals surface area contributed by atoms with Crippen molar-refractivity contribution in [3.63, 3.8) is 0 Å². The fourth-order valence-corrected chi connectivity index (χ4v) is 4.18. The molecule has 224 valence electrons. The van der Waals surface area contributed by atoms with Crippen molar-refractivity contribution in [1.29, 1.82) is 0 Å². The number of quaternary nitrogens is 2. The van der Waals surface area contributed by atoms with Gasteiger partial charge in [0, 0.05) is 12.8 Å². The Kier molecular flexibility index (Phi) is 29.1. The number of halogens is 2. The fourth-order valence-electron chi connectivity index (χ4n) is 4.18. The van der Waals surface area contributed by atoms with Gasteiger partial charge in [-0.1, -0.05) is 58.8 Å². The van der Waals surface area contributed by atoms with Gasteiger partial charge in [0.25, 0.3) is 0 Å². The molecule has 0 bridgehead atoms. The highest BCUT2D eigenvalue weighted by Gasteiger charge is 2.16. The van der Waals surface area contributed by atoms with Crippen LogP contribution in [0.25, 0.3) is 0 Å². The second-order valence-corrected chi connectivity index (χ2v) is 11.6. The first-order chi connectivity index (χ1) is 16.6. The van der Waals surface area contributed by atoms with Crippen LogP contribution in [-0.4, -0.2) is 88.5 Å². The molecule has 8 heteroatoms. The smallest absolute Gasteiger partial charge is 0.305 e. The zero-order chi connectivity index (χ0) is 26.4. The van der Waals surface area contributed by atoms with Gasteiger partial charge in [0.2, 0.25) is 0 Å². The molecule has 0 saturated heterocycles. The van der Waals surface area contributed by atoms with E-state index < -0.39 is 0 Å². The molecule has 0 aliphatic carbocycles. The summed E-state index contributed by atoms with van der Waals surface area (Å²) in [5, 5.41) is 0. The Balaban J connectivity index is -0.00000578. The molecule has 0 aromatic carbocycles. The molecule has 0 radical (unpaired) electrons. The lowest BCUT2D eigenvalue weighted by atomic mass is 10.1. The van der Waals surface area contributed by atoms with Gasteiger partial charge in [0.1, 0.15) is 26.3 Å². The van der Waals surface area contributed by atoms with E-state index in [4.69, 9.17) is 9.47 Å². The number of likely N-dealkylation sites (N-methyl/N-ethyl adjacent to an activating group) is 2.